The molecule has 1 aromatic carbocycles. The summed E-state index contributed by atoms with van der Waals surface area (Å²) in [6.45, 7) is 4.62. The van der Waals surface area contributed by atoms with Crippen LogP contribution in [0.4, 0.5) is 16.0 Å². The molecule has 0 aliphatic carbocycles. The van der Waals surface area contributed by atoms with Crippen LogP contribution in [0.15, 0.2) is 41.5 Å². The lowest BCUT2D eigenvalue weighted by Gasteiger charge is -2.23. The molecule has 4 heterocycles. The Bertz CT molecular complexity index is 1890. The average molecular weight is 631 g/mol. The third-order valence-corrected chi connectivity index (χ3v) is 7.59. The third kappa shape index (κ3) is 6.67. The van der Waals surface area contributed by atoms with Crippen molar-refractivity contribution in [3.05, 3.63) is 74.8 Å². The molecule has 3 aromatic heterocycles. The zero-order valence-corrected chi connectivity index (χ0v) is 25.2. The van der Waals surface area contributed by atoms with Crippen LogP contribution in [0.25, 0.3) is 10.9 Å². The molecule has 0 unspecified atom stereocenters. The lowest BCUT2D eigenvalue weighted by molar-refractivity contribution is 0.0977. The number of nitrogens with zero attached hydrogens (tertiary/aromatic N) is 6. The first-order valence-corrected chi connectivity index (χ1v) is 15.4. The second-order valence-corrected chi connectivity index (χ2v) is 12.4. The SMILES string of the molecule is Cc1cc([C@@H](C)Nc2ccc(Cl)nc2C(=O)NS(C)(=O)=O)c2nc(N3CC[C@@H](Oc4ncc(F)cn4)C3)n(C)c(=O)c2c1. The molecule has 1 amide bonds. The molecule has 13 nitrogen and oxygen atoms in total. The van der Waals surface area contributed by atoms with Crippen LogP contribution in [0, 0.1) is 12.7 Å². The van der Waals surface area contributed by atoms with Crippen molar-refractivity contribution in [1.29, 1.82) is 0 Å². The topological polar surface area (TPSA) is 161 Å². The number of nitrogens with one attached hydrogen (secondary N) is 2. The molecule has 5 rings (SSSR count). The van der Waals surface area contributed by atoms with Gasteiger partial charge in [-0.05, 0) is 37.6 Å². The van der Waals surface area contributed by atoms with E-state index < -0.39 is 27.8 Å². The molecule has 4 aromatic rings. The van der Waals surface area contributed by atoms with Crippen molar-refractivity contribution in [2.24, 2.45) is 7.05 Å². The molecule has 43 heavy (non-hydrogen) atoms. The number of anilines is 2. The highest BCUT2D eigenvalue weighted by atomic mass is 35.5. The van der Waals surface area contributed by atoms with Crippen LogP contribution >= 0.6 is 11.6 Å². The van der Waals surface area contributed by atoms with Crippen molar-refractivity contribution in [3.8, 4) is 6.01 Å². The summed E-state index contributed by atoms with van der Waals surface area (Å²) in [5, 5.41) is 3.62. The summed E-state index contributed by atoms with van der Waals surface area (Å²) < 4.78 is 45.7. The van der Waals surface area contributed by atoms with E-state index in [1.165, 1.54) is 16.7 Å². The van der Waals surface area contributed by atoms with Crippen molar-refractivity contribution in [2.45, 2.75) is 32.4 Å². The van der Waals surface area contributed by atoms with Gasteiger partial charge in [0, 0.05) is 25.6 Å². The maximum Gasteiger partial charge on any atom is 0.316 e. The molecule has 1 aliphatic heterocycles. The molecule has 0 radical (unpaired) electrons. The smallest absolute Gasteiger partial charge is 0.316 e. The van der Waals surface area contributed by atoms with Crippen LogP contribution in [-0.2, 0) is 17.1 Å². The van der Waals surface area contributed by atoms with Gasteiger partial charge in [0.05, 0.1) is 47.8 Å². The molecule has 0 bridgehead atoms. The number of hydrogen-bond acceptors (Lipinski definition) is 11. The number of amides is 1. The molecule has 0 spiro atoms. The summed E-state index contributed by atoms with van der Waals surface area (Å²) >= 11 is 6.01. The maximum atomic E-state index is 13.6. The zero-order valence-electron chi connectivity index (χ0n) is 23.6. The van der Waals surface area contributed by atoms with E-state index in [-0.39, 0.29) is 34.2 Å². The van der Waals surface area contributed by atoms with E-state index >= 15 is 0 Å². The predicted octanol–water partition coefficient (Wildman–Crippen LogP) is 2.74. The van der Waals surface area contributed by atoms with Crippen LogP contribution in [0.1, 0.15) is 41.0 Å². The molecule has 16 heteroatoms. The summed E-state index contributed by atoms with van der Waals surface area (Å²) in [6.07, 6.45) is 3.23. The highest BCUT2D eigenvalue weighted by Gasteiger charge is 2.29. The Kier molecular flexibility index (Phi) is 8.21. The lowest BCUT2D eigenvalue weighted by Crippen LogP contribution is -2.32. The van der Waals surface area contributed by atoms with E-state index in [9.17, 15) is 22.4 Å². The highest BCUT2D eigenvalue weighted by molar-refractivity contribution is 7.89. The lowest BCUT2D eigenvalue weighted by atomic mass is 10.0. The maximum absolute atomic E-state index is 13.6. The summed E-state index contributed by atoms with van der Waals surface area (Å²) in [5.74, 6) is -1.08. The Morgan fingerprint density at radius 3 is 2.63 bits per heavy atom. The molecular weight excluding hydrogens is 603 g/mol. The van der Waals surface area contributed by atoms with Crippen molar-refractivity contribution in [2.75, 3.05) is 29.6 Å². The van der Waals surface area contributed by atoms with Gasteiger partial charge in [0.15, 0.2) is 11.5 Å². The summed E-state index contributed by atoms with van der Waals surface area (Å²) in [5.41, 5.74) is 1.73. The minimum atomic E-state index is -3.85. The number of aromatic nitrogens is 5. The number of fused-ring (bicyclic) bond motifs is 1. The largest absolute Gasteiger partial charge is 0.458 e. The van der Waals surface area contributed by atoms with Crippen molar-refractivity contribution < 1.29 is 22.3 Å². The molecule has 2 atom stereocenters. The first kappa shape index (κ1) is 30.1. The Balaban J connectivity index is 1.48. The van der Waals surface area contributed by atoms with Gasteiger partial charge in [-0.25, -0.2) is 37.5 Å². The number of hydrogen-bond donors (Lipinski definition) is 2. The Morgan fingerprint density at radius 1 is 1.21 bits per heavy atom. The third-order valence-electron chi connectivity index (χ3n) is 6.82. The second-order valence-electron chi connectivity index (χ2n) is 10.3. The Labute approximate surface area is 251 Å². The molecule has 1 fully saturated rings. The molecule has 2 N–H and O–H groups in total. The number of aryl methyl sites for hydroxylation is 1. The molecule has 1 saturated heterocycles. The normalized spacial score (nSPS) is 15.9. The van der Waals surface area contributed by atoms with Crippen LogP contribution in [-0.4, -0.2) is 64.3 Å². The quantitative estimate of drug-likeness (QED) is 0.275. The van der Waals surface area contributed by atoms with Gasteiger partial charge in [0.25, 0.3) is 11.5 Å². The fourth-order valence-corrected chi connectivity index (χ4v) is 5.50. The minimum absolute atomic E-state index is 0.00607. The monoisotopic (exact) mass is 630 g/mol. The van der Waals surface area contributed by atoms with Crippen LogP contribution < -0.4 is 25.2 Å². The number of pyridine rings is 1. The number of sulfonamides is 1. The van der Waals surface area contributed by atoms with Gasteiger partial charge in [-0.1, -0.05) is 17.7 Å². The molecule has 226 valence electrons. The van der Waals surface area contributed by atoms with Gasteiger partial charge >= 0.3 is 6.01 Å². The van der Waals surface area contributed by atoms with Gasteiger partial charge < -0.3 is 15.0 Å². The second kappa shape index (κ2) is 11.7. The summed E-state index contributed by atoms with van der Waals surface area (Å²) in [4.78, 5) is 44.8. The summed E-state index contributed by atoms with van der Waals surface area (Å²) in [7, 11) is -2.20. The van der Waals surface area contributed by atoms with Gasteiger partial charge in [0.1, 0.15) is 11.3 Å². The van der Waals surface area contributed by atoms with E-state index in [0.717, 1.165) is 24.2 Å². The van der Waals surface area contributed by atoms with E-state index in [0.29, 0.717) is 41.9 Å². The number of ether oxygens (including phenoxy) is 1. The fourth-order valence-electron chi connectivity index (χ4n) is 4.92. The number of carbonyl (C=O) groups is 1. The van der Waals surface area contributed by atoms with Crippen LogP contribution in [0.2, 0.25) is 5.15 Å². The first-order valence-electron chi connectivity index (χ1n) is 13.1. The van der Waals surface area contributed by atoms with Gasteiger partial charge in [-0.3, -0.25) is 14.2 Å². The van der Waals surface area contributed by atoms with Crippen LogP contribution in [0.5, 0.6) is 6.01 Å². The first-order chi connectivity index (χ1) is 20.3. The van der Waals surface area contributed by atoms with Crippen molar-refractivity contribution in [1.82, 2.24) is 29.2 Å². The number of halogens is 2. The van der Waals surface area contributed by atoms with E-state index in [1.807, 2.05) is 29.5 Å². The van der Waals surface area contributed by atoms with E-state index in [4.69, 9.17) is 21.3 Å². The minimum Gasteiger partial charge on any atom is -0.458 e. The van der Waals surface area contributed by atoms with E-state index in [1.54, 1.807) is 13.1 Å². The number of benzene rings is 1. The summed E-state index contributed by atoms with van der Waals surface area (Å²) in [6, 6.07) is 6.20. The van der Waals surface area contributed by atoms with Crippen LogP contribution in [0.3, 0.4) is 0 Å². The average Bonchev–Trinajstić information content (AvgIpc) is 3.40. The van der Waals surface area contributed by atoms with Gasteiger partial charge in [-0.2, -0.15) is 0 Å². The zero-order chi connectivity index (χ0) is 31.1. The van der Waals surface area contributed by atoms with Crippen molar-refractivity contribution in [3.63, 3.8) is 0 Å². The predicted molar refractivity (Wildman–Crippen MR) is 159 cm³/mol. The van der Waals surface area contributed by atoms with Crippen molar-refractivity contribution >= 4 is 50.1 Å². The highest BCUT2D eigenvalue weighted by Crippen LogP contribution is 2.30. The molecular formula is C27H28ClFN8O5S. The fraction of sp³-hybridized carbons (Fsp3) is 0.333. The Hall–Kier alpha value is -4.37. The molecule has 1 aliphatic rings. The van der Waals surface area contributed by atoms with Gasteiger partial charge in [-0.15, -0.1) is 0 Å². The number of rotatable bonds is 8. The van der Waals surface area contributed by atoms with Gasteiger partial charge in [0.2, 0.25) is 16.0 Å². The number of carbonyl (C=O) groups excluding carboxylic acids is 1. The van der Waals surface area contributed by atoms with E-state index in [2.05, 4.69) is 20.3 Å². The Morgan fingerprint density at radius 2 is 1.93 bits per heavy atom. The standard InChI is InChI=1S/C27H28ClFN8O5S/c1-14-9-18(15(2)32-20-5-6-21(28)33-23(20)24(38)35-43(4,40)41)22-19(10-14)25(39)36(3)27(34-22)37-8-7-17(13-37)42-26-30-11-16(29)12-31-26/h5-6,9-12,15,17,32H,7-8,13H2,1-4H3,(H,35,38)/t15-,17-/m1/s1. The molecule has 0 saturated carbocycles.